The Morgan fingerprint density at radius 1 is 1.39 bits per heavy atom. The van der Waals surface area contributed by atoms with Crippen molar-refractivity contribution in [3.63, 3.8) is 0 Å². The van der Waals surface area contributed by atoms with Crippen molar-refractivity contribution in [1.82, 2.24) is 4.31 Å². The standard InChI is InChI=1S/C12H17NO4S/c1-13-12(9-17-10-18(13,14)15)8-16-7-11-5-3-2-4-6-11/h2-6,12H,7-10H2,1H3/t12-/m1/s1. The number of hydrogen-bond acceptors (Lipinski definition) is 4. The molecule has 1 aromatic rings. The number of benzene rings is 1. The Morgan fingerprint density at radius 2 is 2.11 bits per heavy atom. The molecule has 1 fully saturated rings. The molecule has 5 nitrogen and oxygen atoms in total. The maximum Gasteiger partial charge on any atom is 0.238 e. The van der Waals surface area contributed by atoms with Crippen LogP contribution in [0.25, 0.3) is 0 Å². The van der Waals surface area contributed by atoms with Crippen molar-refractivity contribution in [3.05, 3.63) is 35.9 Å². The minimum atomic E-state index is -3.27. The molecule has 1 saturated heterocycles. The largest absolute Gasteiger partial charge is 0.375 e. The van der Waals surface area contributed by atoms with E-state index in [0.29, 0.717) is 19.8 Å². The average Bonchev–Trinajstić information content (AvgIpc) is 2.36. The van der Waals surface area contributed by atoms with Gasteiger partial charge in [-0.3, -0.25) is 0 Å². The topological polar surface area (TPSA) is 55.8 Å². The first-order valence-corrected chi connectivity index (χ1v) is 7.35. The van der Waals surface area contributed by atoms with Gasteiger partial charge >= 0.3 is 0 Å². The van der Waals surface area contributed by atoms with E-state index in [2.05, 4.69) is 0 Å². The zero-order chi connectivity index (χ0) is 13.0. The van der Waals surface area contributed by atoms with Gasteiger partial charge in [-0.15, -0.1) is 0 Å². The highest BCUT2D eigenvalue weighted by atomic mass is 32.2. The number of hydrogen-bond donors (Lipinski definition) is 0. The second-order valence-electron chi connectivity index (χ2n) is 4.27. The van der Waals surface area contributed by atoms with Gasteiger partial charge in [-0.25, -0.2) is 8.42 Å². The van der Waals surface area contributed by atoms with E-state index in [1.54, 1.807) is 7.05 Å². The molecule has 6 heteroatoms. The van der Waals surface area contributed by atoms with Gasteiger partial charge in [0, 0.05) is 7.05 Å². The molecule has 1 aliphatic heterocycles. The van der Waals surface area contributed by atoms with Crippen molar-refractivity contribution < 1.29 is 17.9 Å². The second kappa shape index (κ2) is 5.79. The van der Waals surface area contributed by atoms with E-state index in [0.717, 1.165) is 5.56 Å². The zero-order valence-electron chi connectivity index (χ0n) is 10.3. The molecule has 1 atom stereocenters. The molecular weight excluding hydrogens is 254 g/mol. The first-order chi connectivity index (χ1) is 8.59. The first kappa shape index (κ1) is 13.5. The molecule has 0 saturated carbocycles. The van der Waals surface area contributed by atoms with Gasteiger partial charge in [-0.1, -0.05) is 30.3 Å². The molecule has 0 spiro atoms. The molecular formula is C12H17NO4S. The van der Waals surface area contributed by atoms with Gasteiger partial charge in [0.05, 0.1) is 25.9 Å². The van der Waals surface area contributed by atoms with Gasteiger partial charge in [0.15, 0.2) is 5.94 Å². The van der Waals surface area contributed by atoms with Gasteiger partial charge in [0.2, 0.25) is 10.0 Å². The van der Waals surface area contributed by atoms with Crippen molar-refractivity contribution in [2.24, 2.45) is 0 Å². The molecule has 1 aromatic carbocycles. The second-order valence-corrected chi connectivity index (χ2v) is 6.25. The molecule has 1 heterocycles. The van der Waals surface area contributed by atoms with Crippen LogP contribution in [-0.4, -0.2) is 45.0 Å². The number of sulfonamides is 1. The third kappa shape index (κ3) is 3.29. The normalized spacial score (nSPS) is 23.9. The third-order valence-electron chi connectivity index (χ3n) is 2.92. The van der Waals surface area contributed by atoms with E-state index in [-0.39, 0.29) is 12.0 Å². The highest BCUT2D eigenvalue weighted by Crippen LogP contribution is 2.13. The van der Waals surface area contributed by atoms with Crippen LogP contribution in [0.4, 0.5) is 0 Å². The van der Waals surface area contributed by atoms with Crippen LogP contribution in [0, 0.1) is 0 Å². The van der Waals surface area contributed by atoms with Crippen LogP contribution < -0.4 is 0 Å². The minimum absolute atomic E-state index is 0.237. The fraction of sp³-hybridized carbons (Fsp3) is 0.500. The first-order valence-electron chi connectivity index (χ1n) is 5.75. The van der Waals surface area contributed by atoms with E-state index >= 15 is 0 Å². The SMILES string of the molecule is CN1[C@H](COCc2ccccc2)COCS1(=O)=O. The maximum absolute atomic E-state index is 11.6. The molecule has 0 bridgehead atoms. The highest BCUT2D eigenvalue weighted by molar-refractivity contribution is 7.88. The third-order valence-corrected chi connectivity index (χ3v) is 4.56. The van der Waals surface area contributed by atoms with Gasteiger partial charge in [-0.2, -0.15) is 4.31 Å². The highest BCUT2D eigenvalue weighted by Gasteiger charge is 2.31. The molecule has 0 N–H and O–H groups in total. The van der Waals surface area contributed by atoms with Crippen molar-refractivity contribution in [3.8, 4) is 0 Å². The Hall–Kier alpha value is -0.950. The summed E-state index contributed by atoms with van der Waals surface area (Å²) in [5, 5.41) is 0. The van der Waals surface area contributed by atoms with Crippen LogP contribution in [0.5, 0.6) is 0 Å². The fourth-order valence-electron chi connectivity index (χ4n) is 1.74. The Labute approximate surface area is 107 Å². The quantitative estimate of drug-likeness (QED) is 0.813. The van der Waals surface area contributed by atoms with Crippen LogP contribution >= 0.6 is 0 Å². The van der Waals surface area contributed by atoms with E-state index in [1.807, 2.05) is 30.3 Å². The van der Waals surface area contributed by atoms with E-state index in [9.17, 15) is 8.42 Å². The average molecular weight is 271 g/mol. The van der Waals surface area contributed by atoms with Gasteiger partial charge in [-0.05, 0) is 5.56 Å². The number of rotatable bonds is 4. The lowest BCUT2D eigenvalue weighted by Gasteiger charge is -2.31. The predicted octanol–water partition coefficient (Wildman–Crippen LogP) is 0.821. The van der Waals surface area contributed by atoms with Crippen LogP contribution in [0.3, 0.4) is 0 Å². The summed E-state index contributed by atoms with van der Waals surface area (Å²) in [6, 6.07) is 9.53. The maximum atomic E-state index is 11.6. The molecule has 1 aliphatic rings. The van der Waals surface area contributed by atoms with E-state index in [1.165, 1.54) is 4.31 Å². The molecule has 100 valence electrons. The lowest BCUT2D eigenvalue weighted by atomic mass is 10.2. The van der Waals surface area contributed by atoms with Gasteiger partial charge < -0.3 is 9.47 Å². The summed E-state index contributed by atoms with van der Waals surface area (Å²) in [7, 11) is -1.71. The zero-order valence-corrected chi connectivity index (χ0v) is 11.1. The summed E-state index contributed by atoms with van der Waals surface area (Å²) in [6.07, 6.45) is 0. The molecule has 2 rings (SSSR count). The molecule has 18 heavy (non-hydrogen) atoms. The number of likely N-dealkylation sites (N-methyl/N-ethyl adjacent to an activating group) is 1. The summed E-state index contributed by atoms with van der Waals surface area (Å²) < 4.78 is 35.1. The molecule has 0 amide bonds. The van der Waals surface area contributed by atoms with Crippen LogP contribution in [0.2, 0.25) is 0 Å². The minimum Gasteiger partial charge on any atom is -0.375 e. The summed E-state index contributed by atoms with van der Waals surface area (Å²) >= 11 is 0. The number of ether oxygens (including phenoxy) is 2. The smallest absolute Gasteiger partial charge is 0.238 e. The van der Waals surface area contributed by atoms with Crippen molar-refractivity contribution in [1.29, 1.82) is 0 Å². The van der Waals surface area contributed by atoms with Gasteiger partial charge in [0.25, 0.3) is 0 Å². The molecule has 0 radical (unpaired) electrons. The van der Waals surface area contributed by atoms with Crippen molar-refractivity contribution in [2.45, 2.75) is 12.6 Å². The van der Waals surface area contributed by atoms with E-state index in [4.69, 9.17) is 9.47 Å². The van der Waals surface area contributed by atoms with Crippen molar-refractivity contribution in [2.75, 3.05) is 26.2 Å². The molecule has 0 aliphatic carbocycles. The van der Waals surface area contributed by atoms with E-state index < -0.39 is 10.0 Å². The molecule has 0 unspecified atom stereocenters. The Bertz CT molecular complexity index is 474. The van der Waals surface area contributed by atoms with Crippen molar-refractivity contribution >= 4 is 10.0 Å². The Kier molecular flexibility index (Phi) is 4.34. The lowest BCUT2D eigenvalue weighted by Crippen LogP contribution is -2.48. The van der Waals surface area contributed by atoms with Crippen LogP contribution in [0.1, 0.15) is 5.56 Å². The summed E-state index contributed by atoms with van der Waals surface area (Å²) in [6.45, 7) is 1.19. The lowest BCUT2D eigenvalue weighted by molar-refractivity contribution is 0.0266. The number of nitrogens with zero attached hydrogens (tertiary/aromatic N) is 1. The van der Waals surface area contributed by atoms with Gasteiger partial charge in [0.1, 0.15) is 0 Å². The predicted molar refractivity (Wildman–Crippen MR) is 67.4 cm³/mol. The Balaban J connectivity index is 1.83. The molecule has 0 aromatic heterocycles. The monoisotopic (exact) mass is 271 g/mol. The summed E-state index contributed by atoms with van der Waals surface area (Å²) in [5.74, 6) is -0.237. The Morgan fingerprint density at radius 3 is 2.83 bits per heavy atom. The van der Waals surface area contributed by atoms with Crippen LogP contribution in [0.15, 0.2) is 30.3 Å². The fourth-order valence-corrected chi connectivity index (χ4v) is 2.79. The van der Waals surface area contributed by atoms with Crippen LogP contribution in [-0.2, 0) is 26.1 Å². The summed E-state index contributed by atoms with van der Waals surface area (Å²) in [5.41, 5.74) is 1.07. The summed E-state index contributed by atoms with van der Waals surface area (Å²) in [4.78, 5) is 0.